The highest BCUT2D eigenvalue weighted by molar-refractivity contribution is 6.01. The van der Waals surface area contributed by atoms with E-state index in [1.54, 1.807) is 11.0 Å². The zero-order valence-corrected chi connectivity index (χ0v) is 13.3. The zero-order valence-electron chi connectivity index (χ0n) is 13.3. The average Bonchev–Trinajstić information content (AvgIpc) is 3.10. The number of para-hydroxylation sites is 1. The number of nitrogens with one attached hydrogen (secondary N) is 1. The number of ether oxygens (including phenoxy) is 1. The number of carbonyl (C=O) groups is 2. The summed E-state index contributed by atoms with van der Waals surface area (Å²) in [7, 11) is 0. The van der Waals surface area contributed by atoms with Crippen molar-refractivity contribution in [1.82, 2.24) is 4.90 Å². The van der Waals surface area contributed by atoms with Crippen molar-refractivity contribution in [2.45, 2.75) is 18.4 Å². The lowest BCUT2D eigenvalue weighted by atomic mass is 9.78. The third-order valence-corrected chi connectivity index (χ3v) is 5.19. The summed E-state index contributed by atoms with van der Waals surface area (Å²) in [6.45, 7) is 2.21. The van der Waals surface area contributed by atoms with E-state index in [1.165, 1.54) is 0 Å². The van der Waals surface area contributed by atoms with Gasteiger partial charge in [-0.1, -0.05) is 24.3 Å². The molecule has 1 aromatic rings. The molecule has 2 heterocycles. The van der Waals surface area contributed by atoms with Crippen LogP contribution in [0.1, 0.15) is 28.3 Å². The summed E-state index contributed by atoms with van der Waals surface area (Å²) in [6.07, 6.45) is 4.86. The minimum absolute atomic E-state index is 0.00346. The van der Waals surface area contributed by atoms with E-state index in [1.807, 2.05) is 18.2 Å². The Labute approximate surface area is 140 Å². The average molecular weight is 328 g/mol. The molecule has 3 aliphatic rings. The van der Waals surface area contributed by atoms with Crippen LogP contribution in [-0.4, -0.2) is 54.2 Å². The fraction of sp³-hybridized carbons (Fsp3) is 0.444. The predicted molar refractivity (Wildman–Crippen MR) is 88.2 cm³/mol. The largest absolute Gasteiger partial charge is 0.480 e. The Morgan fingerprint density at radius 2 is 2.04 bits per heavy atom. The number of carboxylic acid groups (broad SMARTS) is 1. The number of amides is 1. The fourth-order valence-corrected chi connectivity index (χ4v) is 3.98. The highest BCUT2D eigenvalue weighted by atomic mass is 16.5. The maximum Gasteiger partial charge on any atom is 0.326 e. The van der Waals surface area contributed by atoms with Crippen LogP contribution in [0.15, 0.2) is 30.4 Å². The van der Waals surface area contributed by atoms with Crippen LogP contribution < -0.4 is 5.32 Å². The summed E-state index contributed by atoms with van der Waals surface area (Å²) in [5, 5.41) is 12.7. The lowest BCUT2D eigenvalue weighted by Gasteiger charge is -2.36. The lowest BCUT2D eigenvalue weighted by Crippen LogP contribution is -2.44. The molecule has 3 atom stereocenters. The van der Waals surface area contributed by atoms with Gasteiger partial charge >= 0.3 is 5.97 Å². The molecule has 126 valence electrons. The number of hydrogen-bond acceptors (Lipinski definition) is 4. The summed E-state index contributed by atoms with van der Waals surface area (Å²) in [6, 6.07) is 4.99. The van der Waals surface area contributed by atoms with Crippen LogP contribution in [0.2, 0.25) is 0 Å². The van der Waals surface area contributed by atoms with Gasteiger partial charge < -0.3 is 20.1 Å². The molecule has 4 rings (SSSR count). The van der Waals surface area contributed by atoms with E-state index in [9.17, 15) is 14.7 Å². The van der Waals surface area contributed by atoms with Gasteiger partial charge in [-0.15, -0.1) is 0 Å². The number of morpholine rings is 1. The molecule has 0 aromatic heterocycles. The normalized spacial score (nSPS) is 28.0. The second kappa shape index (κ2) is 5.94. The Bertz CT molecular complexity index is 709. The van der Waals surface area contributed by atoms with Gasteiger partial charge in [-0.3, -0.25) is 4.79 Å². The van der Waals surface area contributed by atoms with Crippen LogP contribution >= 0.6 is 0 Å². The van der Waals surface area contributed by atoms with E-state index in [0.29, 0.717) is 37.6 Å². The van der Waals surface area contributed by atoms with Gasteiger partial charge in [-0.25, -0.2) is 4.79 Å². The van der Waals surface area contributed by atoms with E-state index in [0.717, 1.165) is 12.0 Å². The number of benzene rings is 1. The summed E-state index contributed by atoms with van der Waals surface area (Å²) >= 11 is 0. The van der Waals surface area contributed by atoms with E-state index >= 15 is 0 Å². The van der Waals surface area contributed by atoms with Crippen LogP contribution in [0.4, 0.5) is 5.69 Å². The van der Waals surface area contributed by atoms with Gasteiger partial charge in [0.15, 0.2) is 0 Å². The number of anilines is 1. The Morgan fingerprint density at radius 1 is 1.25 bits per heavy atom. The summed E-state index contributed by atoms with van der Waals surface area (Å²) in [5.41, 5.74) is 2.25. The first-order valence-corrected chi connectivity index (χ1v) is 8.33. The minimum atomic E-state index is -0.868. The van der Waals surface area contributed by atoms with Crippen molar-refractivity contribution >= 4 is 17.6 Å². The number of nitrogens with zero attached hydrogens (tertiary/aromatic N) is 1. The molecule has 1 saturated heterocycles. The smallest absolute Gasteiger partial charge is 0.326 e. The Hall–Kier alpha value is -2.34. The third kappa shape index (κ3) is 2.38. The highest BCUT2D eigenvalue weighted by Gasteiger charge is 2.42. The number of fused-ring (bicyclic) bond motifs is 3. The first-order chi connectivity index (χ1) is 11.7. The van der Waals surface area contributed by atoms with E-state index in [2.05, 4.69) is 11.4 Å². The number of hydrogen-bond donors (Lipinski definition) is 2. The molecule has 2 aliphatic heterocycles. The van der Waals surface area contributed by atoms with Crippen LogP contribution in [0.5, 0.6) is 0 Å². The summed E-state index contributed by atoms with van der Waals surface area (Å²) in [4.78, 5) is 26.4. The van der Waals surface area contributed by atoms with Gasteiger partial charge in [0.1, 0.15) is 6.04 Å². The number of allylic oxidation sites excluding steroid dienone is 2. The zero-order chi connectivity index (χ0) is 16.7. The maximum atomic E-state index is 12.9. The molecule has 0 radical (unpaired) electrons. The second-order valence-corrected chi connectivity index (χ2v) is 6.49. The van der Waals surface area contributed by atoms with E-state index < -0.39 is 12.0 Å². The molecule has 24 heavy (non-hydrogen) atoms. The molecular formula is C18H20N2O4. The molecule has 1 fully saturated rings. The molecule has 1 aromatic carbocycles. The van der Waals surface area contributed by atoms with Crippen LogP contribution in [0, 0.1) is 5.92 Å². The van der Waals surface area contributed by atoms with Gasteiger partial charge in [-0.2, -0.15) is 0 Å². The molecule has 1 amide bonds. The van der Waals surface area contributed by atoms with Crippen molar-refractivity contribution in [3.05, 3.63) is 41.5 Å². The molecule has 0 saturated carbocycles. The van der Waals surface area contributed by atoms with Gasteiger partial charge in [-0.05, 0) is 18.1 Å². The van der Waals surface area contributed by atoms with Crippen molar-refractivity contribution in [2.24, 2.45) is 5.92 Å². The van der Waals surface area contributed by atoms with Gasteiger partial charge in [0, 0.05) is 24.9 Å². The lowest BCUT2D eigenvalue weighted by molar-refractivity contribution is -0.139. The summed E-state index contributed by atoms with van der Waals surface area (Å²) in [5.74, 6) is -0.872. The van der Waals surface area contributed by atoms with Crippen molar-refractivity contribution in [1.29, 1.82) is 0 Å². The van der Waals surface area contributed by atoms with Crippen molar-refractivity contribution in [3.63, 3.8) is 0 Å². The van der Waals surface area contributed by atoms with Gasteiger partial charge in [0.05, 0.1) is 24.5 Å². The summed E-state index contributed by atoms with van der Waals surface area (Å²) < 4.78 is 5.31. The number of rotatable bonds is 2. The first-order valence-electron chi connectivity index (χ1n) is 8.33. The first kappa shape index (κ1) is 15.2. The Balaban J connectivity index is 1.73. The van der Waals surface area contributed by atoms with Crippen molar-refractivity contribution in [3.8, 4) is 0 Å². The molecule has 6 nitrogen and oxygen atoms in total. The van der Waals surface area contributed by atoms with Gasteiger partial charge in [0.2, 0.25) is 0 Å². The molecular weight excluding hydrogens is 308 g/mol. The maximum absolute atomic E-state index is 12.9. The number of carboxylic acids is 1. The number of aliphatic carboxylic acids is 1. The molecule has 0 unspecified atom stereocenters. The topological polar surface area (TPSA) is 78.9 Å². The molecule has 0 bridgehead atoms. The molecule has 1 aliphatic carbocycles. The second-order valence-electron chi connectivity index (χ2n) is 6.49. The number of carbonyl (C=O) groups excluding carboxylic acids is 1. The van der Waals surface area contributed by atoms with Gasteiger partial charge in [0.25, 0.3) is 5.91 Å². The standard InChI is InChI=1S/C18H20N2O4/c21-17(20-7-9-24-10-8-20)14-6-2-4-12-11-3-1-5-13(11)16(18(22)23)19-15(12)14/h1-4,6,11,13,16,19H,5,7-10H2,(H,22,23)/t11-,13+,16+/m0/s1. The van der Waals surface area contributed by atoms with Crippen LogP contribution in [0.3, 0.4) is 0 Å². The van der Waals surface area contributed by atoms with Crippen molar-refractivity contribution < 1.29 is 19.4 Å². The third-order valence-electron chi connectivity index (χ3n) is 5.19. The highest BCUT2D eigenvalue weighted by Crippen LogP contribution is 2.45. The SMILES string of the molecule is O=C(O)[C@@H]1Nc2c(C(=O)N3CCOCC3)cccc2[C@@H]2C=CC[C@@H]12. The molecule has 6 heteroatoms. The molecule has 2 N–H and O–H groups in total. The van der Waals surface area contributed by atoms with E-state index in [-0.39, 0.29) is 17.7 Å². The van der Waals surface area contributed by atoms with E-state index in [4.69, 9.17) is 4.74 Å². The fourth-order valence-electron chi connectivity index (χ4n) is 3.98. The monoisotopic (exact) mass is 328 g/mol. The van der Waals surface area contributed by atoms with Crippen molar-refractivity contribution in [2.75, 3.05) is 31.6 Å². The van der Waals surface area contributed by atoms with Crippen LogP contribution in [0.25, 0.3) is 0 Å². The molecule has 0 spiro atoms. The predicted octanol–water partition coefficient (Wildman–Crippen LogP) is 1.70. The van der Waals surface area contributed by atoms with Crippen LogP contribution in [-0.2, 0) is 9.53 Å². The minimum Gasteiger partial charge on any atom is -0.480 e. The Morgan fingerprint density at radius 3 is 2.79 bits per heavy atom. The Kier molecular flexibility index (Phi) is 3.76. The quantitative estimate of drug-likeness (QED) is 0.808.